The largest absolute Gasteiger partial charge is 0.371 e. The fraction of sp³-hybridized carbons (Fsp3) is 1.00. The second kappa shape index (κ2) is 3.73. The van der Waals surface area contributed by atoms with Crippen LogP contribution in [0.2, 0.25) is 0 Å². The smallest absolute Gasteiger partial charge is 0.192 e. The molecule has 3 heteroatoms. The minimum absolute atomic E-state index is 0.300. The van der Waals surface area contributed by atoms with Gasteiger partial charge in [0.2, 0.25) is 0 Å². The van der Waals surface area contributed by atoms with Gasteiger partial charge in [0.05, 0.1) is 34.4 Å². The van der Waals surface area contributed by atoms with Crippen LogP contribution in [0, 0.1) is 0 Å². The van der Waals surface area contributed by atoms with Gasteiger partial charge in [0, 0.05) is 6.42 Å². The van der Waals surface area contributed by atoms with Crippen molar-refractivity contribution in [1.29, 1.82) is 0 Å². The van der Waals surface area contributed by atoms with E-state index in [0.717, 1.165) is 24.1 Å². The van der Waals surface area contributed by atoms with Crippen molar-refractivity contribution in [2.45, 2.75) is 25.7 Å². The Morgan fingerprint density at radius 3 is 2.42 bits per heavy atom. The van der Waals surface area contributed by atoms with Crippen molar-refractivity contribution in [3.8, 4) is 0 Å². The van der Waals surface area contributed by atoms with Crippen LogP contribution in [0.4, 0.5) is 0 Å². The van der Waals surface area contributed by atoms with Gasteiger partial charge in [-0.1, -0.05) is 6.92 Å². The van der Waals surface area contributed by atoms with Crippen LogP contribution < -0.4 is 0 Å². The van der Waals surface area contributed by atoms with Crippen LogP contribution in [0.25, 0.3) is 0 Å². The number of hydrogen-bond acceptors (Lipinski definition) is 2. The molecule has 1 saturated heterocycles. The molecule has 12 heavy (non-hydrogen) atoms. The second-order valence-electron chi connectivity index (χ2n) is 4.27. The third-order valence-corrected chi connectivity index (χ3v) is 2.09. The highest BCUT2D eigenvalue weighted by molar-refractivity contribution is 4.67. The van der Waals surface area contributed by atoms with Gasteiger partial charge in [-0.15, -0.1) is 0 Å². The zero-order chi connectivity index (χ0) is 9.19. The molecule has 0 amide bonds. The molecule has 0 aliphatic carbocycles. The lowest BCUT2D eigenvalue weighted by Crippen LogP contribution is -2.46. The molecule has 0 aromatic heterocycles. The van der Waals surface area contributed by atoms with E-state index in [2.05, 4.69) is 28.1 Å². The van der Waals surface area contributed by atoms with Crippen molar-refractivity contribution in [2.75, 3.05) is 34.4 Å². The van der Waals surface area contributed by atoms with Crippen LogP contribution in [-0.2, 0) is 9.47 Å². The van der Waals surface area contributed by atoms with Crippen molar-refractivity contribution < 1.29 is 14.0 Å². The number of epoxide rings is 1. The number of nitrogens with zero attached hydrogens (tertiary/aromatic N) is 1. The molecule has 0 aromatic rings. The van der Waals surface area contributed by atoms with E-state index in [9.17, 15) is 0 Å². The van der Waals surface area contributed by atoms with Crippen LogP contribution in [-0.4, -0.2) is 51.2 Å². The quantitative estimate of drug-likeness (QED) is 0.350. The van der Waals surface area contributed by atoms with E-state index in [1.54, 1.807) is 0 Å². The van der Waals surface area contributed by atoms with Crippen LogP contribution in [0.15, 0.2) is 0 Å². The van der Waals surface area contributed by atoms with Gasteiger partial charge < -0.3 is 14.0 Å². The summed E-state index contributed by atoms with van der Waals surface area (Å²) in [7, 11) is 6.46. The van der Waals surface area contributed by atoms with Crippen molar-refractivity contribution in [3.05, 3.63) is 0 Å². The van der Waals surface area contributed by atoms with E-state index in [1.807, 2.05) is 0 Å². The highest BCUT2D eigenvalue weighted by Crippen LogP contribution is 2.14. The van der Waals surface area contributed by atoms with Crippen molar-refractivity contribution in [3.63, 3.8) is 0 Å². The molecule has 0 bridgehead atoms. The first-order chi connectivity index (χ1) is 5.54. The predicted molar refractivity (Wildman–Crippen MR) is 47.8 cm³/mol. The summed E-state index contributed by atoms with van der Waals surface area (Å²) in [6.45, 7) is 3.80. The minimum Gasteiger partial charge on any atom is -0.371 e. The highest BCUT2D eigenvalue weighted by Gasteiger charge is 2.28. The van der Waals surface area contributed by atoms with Crippen LogP contribution in [0.3, 0.4) is 0 Å². The molecule has 1 aliphatic heterocycles. The summed E-state index contributed by atoms with van der Waals surface area (Å²) in [6.07, 6.45) is 1.73. The monoisotopic (exact) mass is 174 g/mol. The maximum atomic E-state index is 5.73. The number of ether oxygens (including phenoxy) is 2. The van der Waals surface area contributed by atoms with E-state index in [4.69, 9.17) is 9.47 Å². The number of rotatable bonds is 5. The Hall–Kier alpha value is -0.120. The van der Waals surface area contributed by atoms with Gasteiger partial charge in [-0.2, -0.15) is 0 Å². The van der Waals surface area contributed by atoms with E-state index < -0.39 is 0 Å². The van der Waals surface area contributed by atoms with Crippen molar-refractivity contribution >= 4 is 0 Å². The van der Waals surface area contributed by atoms with Crippen LogP contribution in [0.5, 0.6) is 0 Å². The van der Waals surface area contributed by atoms with Crippen LogP contribution >= 0.6 is 0 Å². The van der Waals surface area contributed by atoms with Gasteiger partial charge in [-0.05, 0) is 0 Å². The van der Waals surface area contributed by atoms with Gasteiger partial charge in [0.25, 0.3) is 0 Å². The molecule has 2 unspecified atom stereocenters. The molecule has 3 nitrogen and oxygen atoms in total. The molecule has 0 spiro atoms. The summed E-state index contributed by atoms with van der Waals surface area (Å²) in [5.74, 6) is 0. The summed E-state index contributed by atoms with van der Waals surface area (Å²) < 4.78 is 11.7. The zero-order valence-electron chi connectivity index (χ0n) is 8.54. The van der Waals surface area contributed by atoms with Crippen molar-refractivity contribution in [1.82, 2.24) is 0 Å². The lowest BCUT2D eigenvalue weighted by Gasteiger charge is -2.32. The average Bonchev–Trinajstić information content (AvgIpc) is 2.69. The summed E-state index contributed by atoms with van der Waals surface area (Å²) in [6, 6.07) is 0. The Kier molecular flexibility index (Phi) is 3.09. The topological polar surface area (TPSA) is 21.8 Å². The summed E-state index contributed by atoms with van der Waals surface area (Å²) in [5, 5.41) is 0. The standard InChI is InChI=1S/C9H20NO2/c1-5-9(10(2,3)4)12-7-8-6-11-8/h8-9H,5-7H2,1-4H3/q+1. The Morgan fingerprint density at radius 1 is 1.50 bits per heavy atom. The van der Waals surface area contributed by atoms with E-state index in [0.29, 0.717) is 12.3 Å². The minimum atomic E-state index is 0.300. The SMILES string of the molecule is CCC(OCC1CO1)[N+](C)(C)C. The molecule has 0 saturated carbocycles. The second-order valence-corrected chi connectivity index (χ2v) is 4.27. The molecule has 2 atom stereocenters. The lowest BCUT2D eigenvalue weighted by atomic mass is 10.3. The summed E-state index contributed by atoms with van der Waals surface area (Å²) in [4.78, 5) is 0. The molecule has 0 N–H and O–H groups in total. The first-order valence-corrected chi connectivity index (χ1v) is 4.58. The molecule has 1 fully saturated rings. The number of hydrogen-bond donors (Lipinski definition) is 0. The molecule has 1 heterocycles. The fourth-order valence-electron chi connectivity index (χ4n) is 1.27. The zero-order valence-corrected chi connectivity index (χ0v) is 8.54. The van der Waals surface area contributed by atoms with Gasteiger partial charge >= 0.3 is 0 Å². The molecule has 1 aliphatic rings. The van der Waals surface area contributed by atoms with Gasteiger partial charge in [0.1, 0.15) is 6.10 Å². The van der Waals surface area contributed by atoms with Gasteiger partial charge in [-0.25, -0.2) is 0 Å². The van der Waals surface area contributed by atoms with E-state index >= 15 is 0 Å². The fourth-order valence-corrected chi connectivity index (χ4v) is 1.27. The molecule has 1 rings (SSSR count). The first kappa shape index (κ1) is 9.96. The predicted octanol–water partition coefficient (Wildman–Crippen LogP) is 0.844. The third kappa shape index (κ3) is 3.09. The van der Waals surface area contributed by atoms with Crippen LogP contribution in [0.1, 0.15) is 13.3 Å². The molecular weight excluding hydrogens is 154 g/mol. The summed E-state index contributed by atoms with van der Waals surface area (Å²) >= 11 is 0. The normalized spacial score (nSPS) is 25.5. The van der Waals surface area contributed by atoms with E-state index in [1.165, 1.54) is 0 Å². The first-order valence-electron chi connectivity index (χ1n) is 4.58. The maximum absolute atomic E-state index is 5.73. The van der Waals surface area contributed by atoms with E-state index in [-0.39, 0.29) is 0 Å². The Morgan fingerprint density at radius 2 is 2.08 bits per heavy atom. The molecule has 0 radical (unpaired) electrons. The maximum Gasteiger partial charge on any atom is 0.192 e. The molecule has 0 aromatic carbocycles. The summed E-state index contributed by atoms with van der Waals surface area (Å²) in [5.41, 5.74) is 0. The Balaban J connectivity index is 2.23. The third-order valence-electron chi connectivity index (χ3n) is 2.09. The van der Waals surface area contributed by atoms with Gasteiger partial charge in [-0.3, -0.25) is 0 Å². The highest BCUT2D eigenvalue weighted by atomic mass is 16.6. The molecule has 72 valence electrons. The van der Waals surface area contributed by atoms with Gasteiger partial charge in [0.15, 0.2) is 6.23 Å². The van der Waals surface area contributed by atoms with Crippen molar-refractivity contribution in [2.24, 2.45) is 0 Å². The number of quaternary nitrogens is 1. The molecular formula is C9H20NO2+. The lowest BCUT2D eigenvalue weighted by molar-refractivity contribution is -0.920. The average molecular weight is 174 g/mol. The Labute approximate surface area is 74.8 Å². The Bertz CT molecular complexity index is 138.